The van der Waals surface area contributed by atoms with Crippen LogP contribution in [0.5, 0.6) is 0 Å². The summed E-state index contributed by atoms with van der Waals surface area (Å²) in [5, 5.41) is 3.12. The zero-order chi connectivity index (χ0) is 16.9. The first-order chi connectivity index (χ1) is 11.6. The van der Waals surface area contributed by atoms with Crippen molar-refractivity contribution in [2.75, 3.05) is 0 Å². The average molecular weight is 384 g/mol. The molecule has 24 heavy (non-hydrogen) atoms. The van der Waals surface area contributed by atoms with Crippen LogP contribution in [0.4, 0.5) is 0 Å². The van der Waals surface area contributed by atoms with Crippen molar-refractivity contribution in [3.05, 3.63) is 81.8 Å². The highest BCUT2D eigenvalue weighted by Crippen LogP contribution is 2.38. The molecule has 2 nitrogen and oxygen atoms in total. The van der Waals surface area contributed by atoms with Crippen molar-refractivity contribution in [2.45, 2.75) is 32.2 Å². The highest BCUT2D eigenvalue weighted by Gasteiger charge is 2.31. The summed E-state index contributed by atoms with van der Waals surface area (Å²) in [4.78, 5) is 12.8. The first kappa shape index (κ1) is 17.0. The van der Waals surface area contributed by atoms with Crippen molar-refractivity contribution in [2.24, 2.45) is 5.92 Å². The molecule has 0 radical (unpaired) electrons. The molecule has 1 amide bonds. The summed E-state index contributed by atoms with van der Waals surface area (Å²) in [6, 6.07) is 18.4. The summed E-state index contributed by atoms with van der Waals surface area (Å²) in [6.07, 6.45) is 3.97. The molecule has 0 saturated heterocycles. The molecule has 1 N–H and O–H groups in total. The lowest BCUT2D eigenvalue weighted by atomic mass is 9.75. The summed E-state index contributed by atoms with van der Waals surface area (Å²) in [5.74, 6) is 0.396. The van der Waals surface area contributed by atoms with E-state index in [0.717, 1.165) is 22.9 Å². The van der Waals surface area contributed by atoms with Gasteiger partial charge in [-0.1, -0.05) is 70.0 Å². The van der Waals surface area contributed by atoms with E-state index in [-0.39, 0.29) is 17.7 Å². The third-order valence-electron chi connectivity index (χ3n) is 4.69. The third kappa shape index (κ3) is 4.15. The van der Waals surface area contributed by atoms with Gasteiger partial charge in [-0.25, -0.2) is 0 Å². The van der Waals surface area contributed by atoms with Gasteiger partial charge in [-0.2, -0.15) is 0 Å². The minimum Gasteiger partial charge on any atom is -0.352 e. The van der Waals surface area contributed by atoms with Crippen LogP contribution >= 0.6 is 15.9 Å². The SMILES string of the molecule is CC1=CC[C@H](C(=O)NCc2ccccc2)[C@@H](c2ccc(Br)cc2)C1. The Morgan fingerprint density at radius 2 is 1.83 bits per heavy atom. The molecular formula is C21H22BrNO. The molecule has 0 unspecified atom stereocenters. The normalized spacial score (nSPS) is 20.3. The molecule has 3 rings (SSSR count). The lowest BCUT2D eigenvalue weighted by molar-refractivity contribution is -0.126. The van der Waals surface area contributed by atoms with Crippen molar-refractivity contribution in [1.82, 2.24) is 5.32 Å². The van der Waals surface area contributed by atoms with E-state index in [1.54, 1.807) is 0 Å². The smallest absolute Gasteiger partial charge is 0.224 e. The van der Waals surface area contributed by atoms with Gasteiger partial charge in [0, 0.05) is 16.9 Å². The van der Waals surface area contributed by atoms with Gasteiger partial charge in [0.05, 0.1) is 0 Å². The van der Waals surface area contributed by atoms with Gasteiger partial charge in [0.2, 0.25) is 5.91 Å². The Bertz CT molecular complexity index is 721. The van der Waals surface area contributed by atoms with Crippen molar-refractivity contribution in [1.29, 1.82) is 0 Å². The number of nitrogens with one attached hydrogen (secondary N) is 1. The second-order valence-electron chi connectivity index (χ2n) is 6.46. The standard InChI is InChI=1S/C21H22BrNO/c1-15-7-12-19(20(13-15)17-8-10-18(22)11-9-17)21(24)23-14-16-5-3-2-4-6-16/h2-11,19-20H,12-14H2,1H3,(H,23,24)/t19-,20+/m0/s1. The number of benzene rings is 2. The summed E-state index contributed by atoms with van der Waals surface area (Å²) < 4.78 is 1.07. The first-order valence-electron chi connectivity index (χ1n) is 8.36. The minimum absolute atomic E-state index is 0.00131. The van der Waals surface area contributed by atoms with E-state index < -0.39 is 0 Å². The van der Waals surface area contributed by atoms with E-state index in [2.05, 4.69) is 58.5 Å². The van der Waals surface area contributed by atoms with Crippen LogP contribution in [0, 0.1) is 5.92 Å². The molecule has 2 aromatic rings. The van der Waals surface area contributed by atoms with Crippen molar-refractivity contribution in [3.63, 3.8) is 0 Å². The lowest BCUT2D eigenvalue weighted by Gasteiger charge is -2.30. The number of hydrogen-bond acceptors (Lipinski definition) is 1. The number of halogens is 1. The van der Waals surface area contributed by atoms with Gasteiger partial charge in [0.25, 0.3) is 0 Å². The predicted octanol–water partition coefficient (Wildman–Crippen LogP) is 5.21. The first-order valence-corrected chi connectivity index (χ1v) is 9.15. The van der Waals surface area contributed by atoms with Gasteiger partial charge < -0.3 is 5.32 Å². The molecule has 0 heterocycles. The van der Waals surface area contributed by atoms with Gasteiger partial charge in [-0.05, 0) is 48.9 Å². The van der Waals surface area contributed by atoms with E-state index in [4.69, 9.17) is 0 Å². The maximum absolute atomic E-state index is 12.8. The van der Waals surface area contributed by atoms with E-state index in [0.29, 0.717) is 6.54 Å². The fraction of sp³-hybridized carbons (Fsp3) is 0.286. The lowest BCUT2D eigenvalue weighted by Crippen LogP contribution is -2.35. The van der Waals surface area contributed by atoms with Crippen molar-refractivity contribution >= 4 is 21.8 Å². The number of hydrogen-bond donors (Lipinski definition) is 1. The van der Waals surface area contributed by atoms with Gasteiger partial charge >= 0.3 is 0 Å². The number of rotatable bonds is 4. The van der Waals surface area contributed by atoms with Gasteiger partial charge in [-0.15, -0.1) is 0 Å². The summed E-state index contributed by atoms with van der Waals surface area (Å²) in [5.41, 5.74) is 3.74. The van der Waals surface area contributed by atoms with Crippen molar-refractivity contribution in [3.8, 4) is 0 Å². The minimum atomic E-state index is -0.00131. The topological polar surface area (TPSA) is 29.1 Å². The van der Waals surface area contributed by atoms with Gasteiger partial charge in [-0.3, -0.25) is 4.79 Å². The molecule has 3 heteroatoms. The quantitative estimate of drug-likeness (QED) is 0.721. The Kier molecular flexibility index (Phi) is 5.52. The van der Waals surface area contributed by atoms with E-state index in [9.17, 15) is 4.79 Å². The molecule has 0 spiro atoms. The fourth-order valence-electron chi connectivity index (χ4n) is 3.33. The summed E-state index contributed by atoms with van der Waals surface area (Å²) in [7, 11) is 0. The monoisotopic (exact) mass is 383 g/mol. The molecule has 1 aliphatic rings. The third-order valence-corrected chi connectivity index (χ3v) is 5.22. The highest BCUT2D eigenvalue weighted by molar-refractivity contribution is 9.10. The molecule has 0 bridgehead atoms. The van der Waals surface area contributed by atoms with Crippen LogP contribution in [0.1, 0.15) is 36.8 Å². The van der Waals surface area contributed by atoms with Crippen LogP contribution in [0.2, 0.25) is 0 Å². The van der Waals surface area contributed by atoms with Gasteiger partial charge in [0.15, 0.2) is 0 Å². The number of allylic oxidation sites excluding steroid dienone is 2. The van der Waals surface area contributed by atoms with Crippen LogP contribution in [-0.2, 0) is 11.3 Å². The Morgan fingerprint density at radius 1 is 1.12 bits per heavy atom. The summed E-state index contributed by atoms with van der Waals surface area (Å²) in [6.45, 7) is 2.75. The molecule has 0 saturated carbocycles. The molecule has 0 aromatic heterocycles. The fourth-order valence-corrected chi connectivity index (χ4v) is 3.60. The molecular weight excluding hydrogens is 362 g/mol. The van der Waals surface area contributed by atoms with E-state index in [1.165, 1.54) is 11.1 Å². The van der Waals surface area contributed by atoms with Crippen LogP contribution in [0.3, 0.4) is 0 Å². The van der Waals surface area contributed by atoms with Crippen LogP contribution in [-0.4, -0.2) is 5.91 Å². The number of amides is 1. The molecule has 0 aliphatic heterocycles. The second kappa shape index (κ2) is 7.80. The average Bonchev–Trinajstić information content (AvgIpc) is 2.61. The summed E-state index contributed by atoms with van der Waals surface area (Å²) >= 11 is 3.49. The molecule has 2 aromatic carbocycles. The Balaban J connectivity index is 1.73. The van der Waals surface area contributed by atoms with E-state index in [1.807, 2.05) is 30.3 Å². The van der Waals surface area contributed by atoms with Crippen molar-refractivity contribution < 1.29 is 4.79 Å². The van der Waals surface area contributed by atoms with Crippen LogP contribution < -0.4 is 5.32 Å². The molecule has 2 atom stereocenters. The Labute approximate surface area is 152 Å². The Hall–Kier alpha value is -1.87. The van der Waals surface area contributed by atoms with E-state index >= 15 is 0 Å². The molecule has 1 aliphatic carbocycles. The second-order valence-corrected chi connectivity index (χ2v) is 7.37. The molecule has 0 fully saturated rings. The molecule has 124 valence electrons. The largest absolute Gasteiger partial charge is 0.352 e. The van der Waals surface area contributed by atoms with Crippen LogP contribution in [0.15, 0.2) is 70.7 Å². The predicted molar refractivity (Wildman–Crippen MR) is 102 cm³/mol. The Morgan fingerprint density at radius 3 is 2.54 bits per heavy atom. The zero-order valence-electron chi connectivity index (χ0n) is 13.8. The zero-order valence-corrected chi connectivity index (χ0v) is 15.4. The van der Waals surface area contributed by atoms with Crippen LogP contribution in [0.25, 0.3) is 0 Å². The maximum Gasteiger partial charge on any atom is 0.224 e. The maximum atomic E-state index is 12.8. The highest BCUT2D eigenvalue weighted by atomic mass is 79.9. The van der Waals surface area contributed by atoms with Gasteiger partial charge in [0.1, 0.15) is 0 Å². The number of carbonyl (C=O) groups is 1. The number of carbonyl (C=O) groups excluding carboxylic acids is 1.